The van der Waals surface area contributed by atoms with Crippen molar-refractivity contribution in [3.05, 3.63) is 35.9 Å². The Kier molecular flexibility index (Phi) is 4.45. The summed E-state index contributed by atoms with van der Waals surface area (Å²) in [5, 5.41) is 0. The number of hydrogen-bond acceptors (Lipinski definition) is 4. The van der Waals surface area contributed by atoms with Crippen LogP contribution >= 0.6 is 0 Å². The van der Waals surface area contributed by atoms with Crippen molar-refractivity contribution in [3.63, 3.8) is 0 Å². The van der Waals surface area contributed by atoms with Crippen LogP contribution in [0.3, 0.4) is 0 Å². The number of nitrogens with two attached hydrogens (primary N) is 1. The van der Waals surface area contributed by atoms with Gasteiger partial charge < -0.3 is 15.2 Å². The van der Waals surface area contributed by atoms with Gasteiger partial charge in [-0.3, -0.25) is 0 Å². The Hall–Kier alpha value is -1.39. The van der Waals surface area contributed by atoms with E-state index >= 15 is 0 Å². The van der Waals surface area contributed by atoms with Gasteiger partial charge in [0, 0.05) is 12.8 Å². The van der Waals surface area contributed by atoms with Gasteiger partial charge in [0.05, 0.1) is 12.2 Å². The highest BCUT2D eigenvalue weighted by atomic mass is 16.6. The number of esters is 1. The lowest BCUT2D eigenvalue weighted by molar-refractivity contribution is -0.165. The van der Waals surface area contributed by atoms with Crippen LogP contribution in [-0.4, -0.2) is 24.3 Å². The molecule has 1 aromatic carbocycles. The SMILES string of the molecule is CC1CC(OC(=O)C(C)(N)c2ccccc2)CC(C)O1. The minimum atomic E-state index is -1.12. The Labute approximate surface area is 120 Å². The van der Waals surface area contributed by atoms with Crippen molar-refractivity contribution in [3.8, 4) is 0 Å². The molecular formula is C16H23NO3. The van der Waals surface area contributed by atoms with Crippen molar-refractivity contribution in [2.45, 2.75) is 57.5 Å². The topological polar surface area (TPSA) is 61.5 Å². The van der Waals surface area contributed by atoms with E-state index in [0.717, 1.165) is 18.4 Å². The van der Waals surface area contributed by atoms with Crippen LogP contribution in [0.5, 0.6) is 0 Å². The van der Waals surface area contributed by atoms with Gasteiger partial charge in [-0.25, -0.2) is 4.79 Å². The summed E-state index contributed by atoms with van der Waals surface area (Å²) < 4.78 is 11.3. The van der Waals surface area contributed by atoms with Crippen LogP contribution in [0.2, 0.25) is 0 Å². The van der Waals surface area contributed by atoms with E-state index in [-0.39, 0.29) is 24.3 Å². The first-order valence-corrected chi connectivity index (χ1v) is 7.10. The molecule has 0 saturated carbocycles. The van der Waals surface area contributed by atoms with Gasteiger partial charge >= 0.3 is 5.97 Å². The normalized spacial score (nSPS) is 29.5. The van der Waals surface area contributed by atoms with Crippen LogP contribution in [0.15, 0.2) is 30.3 Å². The summed E-state index contributed by atoms with van der Waals surface area (Å²) in [5.74, 6) is -0.380. The zero-order valence-corrected chi connectivity index (χ0v) is 12.3. The lowest BCUT2D eigenvalue weighted by Crippen LogP contribution is -2.46. The fourth-order valence-corrected chi connectivity index (χ4v) is 2.62. The fraction of sp³-hybridized carbons (Fsp3) is 0.562. The summed E-state index contributed by atoms with van der Waals surface area (Å²) in [5.41, 5.74) is 5.81. The smallest absolute Gasteiger partial charge is 0.330 e. The van der Waals surface area contributed by atoms with Crippen molar-refractivity contribution < 1.29 is 14.3 Å². The molecule has 0 radical (unpaired) electrons. The molecule has 0 aromatic heterocycles. The number of hydrogen-bond donors (Lipinski definition) is 1. The molecule has 1 fully saturated rings. The predicted octanol–water partition coefficient (Wildman–Crippen LogP) is 2.36. The molecule has 3 unspecified atom stereocenters. The Bertz CT molecular complexity index is 448. The second-order valence-corrected chi connectivity index (χ2v) is 5.82. The highest BCUT2D eigenvalue weighted by molar-refractivity contribution is 5.82. The van der Waals surface area contributed by atoms with Crippen LogP contribution in [-0.2, 0) is 19.8 Å². The third kappa shape index (κ3) is 3.38. The average Bonchev–Trinajstić information content (AvgIpc) is 2.38. The zero-order chi connectivity index (χ0) is 14.8. The van der Waals surface area contributed by atoms with E-state index in [1.165, 1.54) is 0 Å². The summed E-state index contributed by atoms with van der Waals surface area (Å²) in [6, 6.07) is 9.32. The fourth-order valence-electron chi connectivity index (χ4n) is 2.62. The molecule has 0 aliphatic carbocycles. The maximum absolute atomic E-state index is 12.4. The molecule has 2 N–H and O–H groups in total. The van der Waals surface area contributed by atoms with Crippen LogP contribution in [0, 0.1) is 0 Å². The van der Waals surface area contributed by atoms with E-state index in [0.29, 0.717) is 0 Å². The summed E-state index contributed by atoms with van der Waals surface area (Å²) in [7, 11) is 0. The van der Waals surface area contributed by atoms with Crippen LogP contribution < -0.4 is 5.73 Å². The second-order valence-electron chi connectivity index (χ2n) is 5.82. The first kappa shape index (κ1) is 15.0. The highest BCUT2D eigenvalue weighted by Crippen LogP contribution is 2.25. The largest absolute Gasteiger partial charge is 0.461 e. The monoisotopic (exact) mass is 277 g/mol. The number of benzene rings is 1. The molecule has 1 saturated heterocycles. The number of carbonyl (C=O) groups excluding carboxylic acids is 1. The third-order valence-electron chi connectivity index (χ3n) is 3.73. The van der Waals surface area contributed by atoms with Crippen molar-refractivity contribution in [2.24, 2.45) is 5.73 Å². The Balaban J connectivity index is 2.04. The van der Waals surface area contributed by atoms with E-state index in [2.05, 4.69) is 0 Å². The number of ether oxygens (including phenoxy) is 2. The maximum Gasteiger partial charge on any atom is 0.330 e. The Morgan fingerprint density at radius 3 is 2.35 bits per heavy atom. The highest BCUT2D eigenvalue weighted by Gasteiger charge is 2.36. The van der Waals surface area contributed by atoms with E-state index in [1.807, 2.05) is 44.2 Å². The molecule has 1 heterocycles. The lowest BCUT2D eigenvalue weighted by Gasteiger charge is -2.33. The molecule has 0 bridgehead atoms. The first-order valence-electron chi connectivity index (χ1n) is 7.10. The van der Waals surface area contributed by atoms with E-state index in [1.54, 1.807) is 6.92 Å². The molecule has 1 aliphatic rings. The molecule has 110 valence electrons. The summed E-state index contributed by atoms with van der Waals surface area (Å²) in [6.07, 6.45) is 1.55. The lowest BCUT2D eigenvalue weighted by atomic mass is 9.93. The number of carbonyl (C=O) groups is 1. The van der Waals surface area contributed by atoms with E-state index in [9.17, 15) is 4.79 Å². The Morgan fingerprint density at radius 1 is 1.25 bits per heavy atom. The van der Waals surface area contributed by atoms with Crippen molar-refractivity contribution in [2.75, 3.05) is 0 Å². The quantitative estimate of drug-likeness (QED) is 0.862. The molecule has 1 aliphatic heterocycles. The van der Waals surface area contributed by atoms with Gasteiger partial charge in [-0.1, -0.05) is 30.3 Å². The van der Waals surface area contributed by atoms with Crippen LogP contribution in [0.25, 0.3) is 0 Å². The minimum absolute atomic E-state index is 0.109. The Morgan fingerprint density at radius 2 is 1.80 bits per heavy atom. The van der Waals surface area contributed by atoms with E-state index in [4.69, 9.17) is 15.2 Å². The van der Waals surface area contributed by atoms with Gasteiger partial charge in [0.1, 0.15) is 11.6 Å². The van der Waals surface area contributed by atoms with Crippen LogP contribution in [0.4, 0.5) is 0 Å². The van der Waals surface area contributed by atoms with Crippen molar-refractivity contribution in [1.82, 2.24) is 0 Å². The molecule has 20 heavy (non-hydrogen) atoms. The van der Waals surface area contributed by atoms with Gasteiger partial charge in [-0.2, -0.15) is 0 Å². The molecule has 0 amide bonds. The summed E-state index contributed by atoms with van der Waals surface area (Å²) in [4.78, 5) is 12.4. The standard InChI is InChI=1S/C16H23NO3/c1-11-9-14(10-12(2)19-11)20-15(18)16(3,17)13-7-5-4-6-8-13/h4-8,11-12,14H,9-10,17H2,1-3H3. The minimum Gasteiger partial charge on any atom is -0.461 e. The molecule has 3 atom stereocenters. The summed E-state index contributed by atoms with van der Waals surface area (Å²) in [6.45, 7) is 5.68. The second kappa shape index (κ2) is 5.94. The van der Waals surface area contributed by atoms with Gasteiger partial charge in [0.25, 0.3) is 0 Å². The van der Waals surface area contributed by atoms with Gasteiger partial charge in [0.15, 0.2) is 0 Å². The molecule has 4 heteroatoms. The van der Waals surface area contributed by atoms with E-state index < -0.39 is 5.54 Å². The molecule has 2 rings (SSSR count). The molecule has 4 nitrogen and oxygen atoms in total. The average molecular weight is 277 g/mol. The van der Waals surface area contributed by atoms with Crippen molar-refractivity contribution in [1.29, 1.82) is 0 Å². The zero-order valence-electron chi connectivity index (χ0n) is 12.3. The van der Waals surface area contributed by atoms with Crippen molar-refractivity contribution >= 4 is 5.97 Å². The molecule has 0 spiro atoms. The van der Waals surface area contributed by atoms with Gasteiger partial charge in [-0.15, -0.1) is 0 Å². The third-order valence-corrected chi connectivity index (χ3v) is 3.73. The van der Waals surface area contributed by atoms with Crippen LogP contribution in [0.1, 0.15) is 39.2 Å². The first-order chi connectivity index (χ1) is 9.39. The van der Waals surface area contributed by atoms with Gasteiger partial charge in [0.2, 0.25) is 0 Å². The summed E-state index contributed by atoms with van der Waals surface area (Å²) >= 11 is 0. The number of rotatable bonds is 3. The molecule has 1 aromatic rings. The molecular weight excluding hydrogens is 254 g/mol. The van der Waals surface area contributed by atoms with Gasteiger partial charge in [-0.05, 0) is 26.3 Å². The predicted molar refractivity (Wildman–Crippen MR) is 77.1 cm³/mol. The maximum atomic E-state index is 12.4.